The first-order valence-corrected chi connectivity index (χ1v) is 7.73. The van der Waals surface area contributed by atoms with Crippen LogP contribution in [0.3, 0.4) is 0 Å². The number of rotatable bonds is 5. The Labute approximate surface area is 129 Å². The molecule has 2 rings (SSSR count). The highest BCUT2D eigenvalue weighted by Crippen LogP contribution is 2.38. The summed E-state index contributed by atoms with van der Waals surface area (Å²) in [4.78, 5) is 32.3. The average Bonchev–Trinajstić information content (AvgIpc) is 2.99. The number of hydrogen-bond acceptors (Lipinski definition) is 7. The van der Waals surface area contributed by atoms with Gasteiger partial charge in [0, 0.05) is 0 Å². The lowest BCUT2D eigenvalue weighted by Gasteiger charge is -2.17. The lowest BCUT2D eigenvalue weighted by Crippen LogP contribution is -2.33. The van der Waals surface area contributed by atoms with E-state index in [0.717, 1.165) is 10.9 Å². The second-order valence-electron chi connectivity index (χ2n) is 4.69. The van der Waals surface area contributed by atoms with E-state index in [9.17, 15) is 19.6 Å². The monoisotopic (exact) mass is 347 g/mol. The second kappa shape index (κ2) is 6.38. The summed E-state index contributed by atoms with van der Waals surface area (Å²) in [6.07, 6.45) is 0.921. The van der Waals surface area contributed by atoms with Gasteiger partial charge in [0.2, 0.25) is 0 Å². The Balaban J connectivity index is 2.23. The number of nitrogens with two attached hydrogens (primary N) is 1. The molecule has 4 atom stereocenters. The molecule has 1 fully saturated rings. The molecule has 1 saturated heterocycles. The van der Waals surface area contributed by atoms with E-state index < -0.39 is 44.9 Å². The van der Waals surface area contributed by atoms with Gasteiger partial charge in [-0.3, -0.25) is 13.9 Å². The number of aliphatic hydroxyl groups is 2. The van der Waals surface area contributed by atoms with E-state index in [1.54, 1.807) is 0 Å². The molecule has 0 saturated carbocycles. The number of phosphoric ester groups is 1. The predicted molar refractivity (Wildman–Crippen MR) is 72.6 cm³/mol. The highest BCUT2D eigenvalue weighted by Gasteiger charge is 2.45. The van der Waals surface area contributed by atoms with Crippen molar-refractivity contribution < 1.29 is 38.6 Å². The zero-order chi connectivity index (χ0) is 17.4. The molecule has 1 aliphatic rings. The van der Waals surface area contributed by atoms with Crippen LogP contribution >= 0.6 is 7.82 Å². The maximum Gasteiger partial charge on any atom is 0.469 e. The molecular formula is C11H14N3O8P. The Hall–Kier alpha value is -1.77. The minimum absolute atomic E-state index is 0.0645. The van der Waals surface area contributed by atoms with Gasteiger partial charge in [0.05, 0.1) is 12.9 Å². The highest BCUT2D eigenvalue weighted by atomic mass is 31.2. The summed E-state index contributed by atoms with van der Waals surface area (Å²) in [5.74, 6) is 1.30. The number of amides is 1. The molecule has 0 aromatic carbocycles. The molecule has 1 amide bonds. The molecule has 0 spiro atoms. The summed E-state index contributed by atoms with van der Waals surface area (Å²) >= 11 is 0. The molecule has 6 N–H and O–H groups in total. The zero-order valence-electron chi connectivity index (χ0n) is 11.5. The molecule has 2 heterocycles. The van der Waals surface area contributed by atoms with Gasteiger partial charge in [-0.1, -0.05) is 0 Å². The normalized spacial score (nSPS) is 27.8. The van der Waals surface area contributed by atoms with E-state index >= 15 is 0 Å². The molecule has 126 valence electrons. The molecule has 0 radical (unpaired) electrons. The van der Waals surface area contributed by atoms with Crippen molar-refractivity contribution in [2.45, 2.75) is 24.5 Å². The Morgan fingerprint density at radius 3 is 2.70 bits per heavy atom. The number of primary amides is 1. The van der Waals surface area contributed by atoms with Crippen LogP contribution in [0.1, 0.15) is 22.4 Å². The van der Waals surface area contributed by atoms with E-state index in [4.69, 9.17) is 26.7 Å². The number of hydrogen-bond donors (Lipinski definition) is 5. The fourth-order valence-electron chi connectivity index (χ4n) is 2.14. The lowest BCUT2D eigenvalue weighted by molar-refractivity contribution is -0.0524. The number of carbonyl (C=O) groups is 1. The summed E-state index contributed by atoms with van der Waals surface area (Å²) in [7, 11) is -4.77. The van der Waals surface area contributed by atoms with Crippen molar-refractivity contribution in [3.8, 4) is 12.3 Å². The molecular weight excluding hydrogens is 333 g/mol. The standard InChI is InChI=1S/C11H14N3O8P/c1-2-5-7(10(12)17)13-4-14(5)11-9(16)8(15)6(22-11)3-21-23(18,19)20/h1,4,6,8-9,11,15-16H,3H2,(H2,12,17)(H2,18,19,20)/t6-,8-,9-,11?/m1/s1. The molecule has 12 heteroatoms. The number of terminal acetylenes is 1. The summed E-state index contributed by atoms with van der Waals surface area (Å²) in [5, 5.41) is 19.9. The quantitative estimate of drug-likeness (QED) is 0.289. The van der Waals surface area contributed by atoms with Crippen LogP contribution < -0.4 is 5.73 Å². The highest BCUT2D eigenvalue weighted by molar-refractivity contribution is 7.46. The van der Waals surface area contributed by atoms with Gasteiger partial charge in [0.15, 0.2) is 11.9 Å². The third-order valence-electron chi connectivity index (χ3n) is 3.18. The first kappa shape index (κ1) is 17.6. The van der Waals surface area contributed by atoms with Crippen LogP contribution in [0.25, 0.3) is 0 Å². The smallest absolute Gasteiger partial charge is 0.387 e. The van der Waals surface area contributed by atoms with Gasteiger partial charge < -0.3 is 30.5 Å². The van der Waals surface area contributed by atoms with Crippen molar-refractivity contribution in [1.82, 2.24) is 9.55 Å². The van der Waals surface area contributed by atoms with Gasteiger partial charge in [-0.2, -0.15) is 0 Å². The fraction of sp³-hybridized carbons (Fsp3) is 0.455. The summed E-state index contributed by atoms with van der Waals surface area (Å²) < 4.78 is 21.4. The number of phosphoric acid groups is 1. The van der Waals surface area contributed by atoms with Crippen molar-refractivity contribution >= 4 is 13.7 Å². The molecule has 23 heavy (non-hydrogen) atoms. The molecule has 0 bridgehead atoms. The van der Waals surface area contributed by atoms with Crippen LogP contribution in [0.2, 0.25) is 0 Å². The van der Waals surface area contributed by atoms with Crippen molar-refractivity contribution in [1.29, 1.82) is 0 Å². The Bertz CT molecular complexity index is 692. The van der Waals surface area contributed by atoms with Crippen LogP contribution in [-0.2, 0) is 13.8 Å². The van der Waals surface area contributed by atoms with Crippen LogP contribution in [0.4, 0.5) is 0 Å². The van der Waals surface area contributed by atoms with Gasteiger partial charge >= 0.3 is 7.82 Å². The van der Waals surface area contributed by atoms with E-state index in [0.29, 0.717) is 0 Å². The Morgan fingerprint density at radius 1 is 1.52 bits per heavy atom. The fourth-order valence-corrected chi connectivity index (χ4v) is 2.49. The minimum atomic E-state index is -4.77. The van der Waals surface area contributed by atoms with E-state index in [1.807, 2.05) is 0 Å². The molecule has 1 aliphatic heterocycles. The largest absolute Gasteiger partial charge is 0.469 e. The van der Waals surface area contributed by atoms with Crippen molar-refractivity contribution in [3.63, 3.8) is 0 Å². The summed E-state index contributed by atoms with van der Waals surface area (Å²) in [5.41, 5.74) is 4.84. The third kappa shape index (κ3) is 3.60. The number of aliphatic hydroxyl groups excluding tert-OH is 2. The lowest BCUT2D eigenvalue weighted by atomic mass is 10.1. The minimum Gasteiger partial charge on any atom is -0.387 e. The van der Waals surface area contributed by atoms with Crippen LogP contribution in [0.5, 0.6) is 0 Å². The van der Waals surface area contributed by atoms with Crippen molar-refractivity contribution in [3.05, 3.63) is 17.7 Å². The molecule has 1 aromatic heterocycles. The number of aromatic nitrogens is 2. The van der Waals surface area contributed by atoms with E-state index in [2.05, 4.69) is 15.4 Å². The number of carbonyl (C=O) groups excluding carboxylic acids is 1. The second-order valence-corrected chi connectivity index (χ2v) is 5.93. The molecule has 0 aliphatic carbocycles. The van der Waals surface area contributed by atoms with Crippen molar-refractivity contribution in [2.75, 3.05) is 6.61 Å². The van der Waals surface area contributed by atoms with Gasteiger partial charge in [0.1, 0.15) is 24.0 Å². The Kier molecular flexibility index (Phi) is 4.88. The van der Waals surface area contributed by atoms with Crippen LogP contribution in [0, 0.1) is 12.3 Å². The van der Waals surface area contributed by atoms with Crippen LogP contribution in [-0.4, -0.2) is 60.4 Å². The SMILES string of the molecule is C#Cc1c(C(N)=O)ncn1C1O[C@H](COP(=O)(O)O)[C@@H](O)[C@H]1O. The summed E-state index contributed by atoms with van der Waals surface area (Å²) in [6, 6.07) is 0. The summed E-state index contributed by atoms with van der Waals surface area (Å²) in [6.45, 7) is -0.665. The van der Waals surface area contributed by atoms with Crippen molar-refractivity contribution in [2.24, 2.45) is 5.73 Å². The molecule has 1 aromatic rings. The first-order valence-electron chi connectivity index (χ1n) is 6.20. The maximum absolute atomic E-state index is 11.2. The van der Waals surface area contributed by atoms with Gasteiger partial charge in [-0.25, -0.2) is 9.55 Å². The third-order valence-corrected chi connectivity index (χ3v) is 3.67. The Morgan fingerprint density at radius 2 is 2.17 bits per heavy atom. The average molecular weight is 347 g/mol. The van der Waals surface area contributed by atoms with Crippen LogP contribution in [0.15, 0.2) is 6.33 Å². The molecule has 11 nitrogen and oxygen atoms in total. The predicted octanol–water partition coefficient (Wildman–Crippen LogP) is -2.31. The zero-order valence-corrected chi connectivity index (χ0v) is 12.4. The van der Waals surface area contributed by atoms with E-state index in [-0.39, 0.29) is 11.4 Å². The molecule has 1 unspecified atom stereocenters. The van der Waals surface area contributed by atoms with Gasteiger partial charge in [-0.05, 0) is 5.92 Å². The van der Waals surface area contributed by atoms with Gasteiger partial charge in [0.25, 0.3) is 5.91 Å². The van der Waals surface area contributed by atoms with E-state index in [1.165, 1.54) is 0 Å². The van der Waals surface area contributed by atoms with Gasteiger partial charge in [-0.15, -0.1) is 6.42 Å². The topological polar surface area (TPSA) is 177 Å². The number of nitrogens with zero attached hydrogens (tertiary/aromatic N) is 2. The number of ether oxygens (including phenoxy) is 1. The first-order chi connectivity index (χ1) is 10.7. The maximum atomic E-state index is 11.2. The number of imidazole rings is 1.